The third-order valence-electron chi connectivity index (χ3n) is 2.93. The standard InChI is InChI=1S/C13H20N4O/c1-3-5-12(14-4-2)11-6-7-17(8-11)9-13-15-10-18-16-13/h6-8,10,12,14H,3-5,9H2,1-2H3. The molecule has 0 amide bonds. The van der Waals surface area contributed by atoms with E-state index in [1.165, 1.54) is 18.4 Å². The Bertz CT molecular complexity index is 443. The first-order valence-corrected chi connectivity index (χ1v) is 6.47. The van der Waals surface area contributed by atoms with Crippen molar-refractivity contribution in [2.75, 3.05) is 6.54 Å². The van der Waals surface area contributed by atoms with Crippen molar-refractivity contribution in [1.82, 2.24) is 20.0 Å². The lowest BCUT2D eigenvalue weighted by Gasteiger charge is -2.15. The topological polar surface area (TPSA) is 55.9 Å². The molecule has 2 aromatic heterocycles. The first-order valence-electron chi connectivity index (χ1n) is 6.47. The minimum absolute atomic E-state index is 0.437. The van der Waals surface area contributed by atoms with Gasteiger partial charge in [0, 0.05) is 18.4 Å². The second-order valence-electron chi connectivity index (χ2n) is 4.36. The summed E-state index contributed by atoms with van der Waals surface area (Å²) in [7, 11) is 0. The second kappa shape index (κ2) is 6.35. The van der Waals surface area contributed by atoms with Crippen molar-refractivity contribution in [2.45, 2.75) is 39.3 Å². The highest BCUT2D eigenvalue weighted by Gasteiger charge is 2.11. The van der Waals surface area contributed by atoms with Crippen molar-refractivity contribution in [3.05, 3.63) is 36.2 Å². The predicted octanol–water partition coefficient (Wildman–Crippen LogP) is 2.37. The Balaban J connectivity index is 2.03. The van der Waals surface area contributed by atoms with Crippen LogP contribution >= 0.6 is 0 Å². The highest BCUT2D eigenvalue weighted by Crippen LogP contribution is 2.19. The van der Waals surface area contributed by atoms with Gasteiger partial charge in [0.05, 0.1) is 6.54 Å². The van der Waals surface area contributed by atoms with Gasteiger partial charge in [-0.05, 0) is 24.6 Å². The van der Waals surface area contributed by atoms with Crippen LogP contribution in [0, 0.1) is 0 Å². The molecule has 0 bridgehead atoms. The maximum atomic E-state index is 4.73. The summed E-state index contributed by atoms with van der Waals surface area (Å²) in [6.45, 7) is 5.99. The Kier molecular flexibility index (Phi) is 4.52. The van der Waals surface area contributed by atoms with Gasteiger partial charge in [-0.1, -0.05) is 25.4 Å². The molecule has 2 rings (SSSR count). The van der Waals surface area contributed by atoms with Gasteiger partial charge in [0.15, 0.2) is 5.82 Å². The van der Waals surface area contributed by atoms with Gasteiger partial charge in [0.1, 0.15) is 0 Å². The van der Waals surface area contributed by atoms with Gasteiger partial charge in [0.25, 0.3) is 0 Å². The number of hydrogen-bond donors (Lipinski definition) is 1. The Labute approximate surface area is 107 Å². The van der Waals surface area contributed by atoms with Gasteiger partial charge >= 0.3 is 0 Å². The molecule has 1 unspecified atom stereocenters. The summed E-state index contributed by atoms with van der Waals surface area (Å²) in [5.41, 5.74) is 1.32. The molecule has 2 aromatic rings. The molecule has 1 N–H and O–H groups in total. The van der Waals surface area contributed by atoms with E-state index >= 15 is 0 Å². The Morgan fingerprint density at radius 3 is 3.00 bits per heavy atom. The molecule has 0 spiro atoms. The minimum atomic E-state index is 0.437. The van der Waals surface area contributed by atoms with Gasteiger partial charge < -0.3 is 14.4 Å². The maximum absolute atomic E-state index is 4.73. The van der Waals surface area contributed by atoms with Crippen molar-refractivity contribution >= 4 is 0 Å². The summed E-state index contributed by atoms with van der Waals surface area (Å²) in [6, 6.07) is 2.59. The molecule has 18 heavy (non-hydrogen) atoms. The molecule has 0 aliphatic rings. The van der Waals surface area contributed by atoms with Crippen LogP contribution in [0.5, 0.6) is 0 Å². The smallest absolute Gasteiger partial charge is 0.213 e. The number of rotatable bonds is 7. The van der Waals surface area contributed by atoms with Crippen LogP contribution in [0.4, 0.5) is 0 Å². The van der Waals surface area contributed by atoms with E-state index < -0.39 is 0 Å². The van der Waals surface area contributed by atoms with E-state index in [9.17, 15) is 0 Å². The highest BCUT2D eigenvalue weighted by molar-refractivity contribution is 5.16. The lowest BCUT2D eigenvalue weighted by atomic mass is 10.1. The molecule has 98 valence electrons. The van der Waals surface area contributed by atoms with Gasteiger partial charge in [-0.2, -0.15) is 4.98 Å². The lowest BCUT2D eigenvalue weighted by molar-refractivity contribution is 0.408. The van der Waals surface area contributed by atoms with Crippen LogP contribution in [0.1, 0.15) is 44.1 Å². The van der Waals surface area contributed by atoms with Crippen LogP contribution in [0.2, 0.25) is 0 Å². The lowest BCUT2D eigenvalue weighted by Crippen LogP contribution is -2.20. The van der Waals surface area contributed by atoms with Gasteiger partial charge in [-0.3, -0.25) is 0 Å². The van der Waals surface area contributed by atoms with Crippen LogP contribution in [0.25, 0.3) is 0 Å². The SMILES string of the molecule is CCCC(NCC)c1ccn(Cc2ncon2)c1. The zero-order valence-corrected chi connectivity index (χ0v) is 11.0. The minimum Gasteiger partial charge on any atom is -0.346 e. The van der Waals surface area contributed by atoms with E-state index in [0.29, 0.717) is 18.4 Å². The average molecular weight is 248 g/mol. The van der Waals surface area contributed by atoms with Gasteiger partial charge in [-0.15, -0.1) is 0 Å². The largest absolute Gasteiger partial charge is 0.346 e. The predicted molar refractivity (Wildman–Crippen MR) is 69.2 cm³/mol. The molecule has 0 aliphatic carbocycles. The van der Waals surface area contributed by atoms with Crippen LogP contribution in [0.15, 0.2) is 29.4 Å². The molecule has 0 aromatic carbocycles. The molecule has 0 saturated carbocycles. The fourth-order valence-electron chi connectivity index (χ4n) is 2.11. The van der Waals surface area contributed by atoms with Crippen LogP contribution in [-0.2, 0) is 6.54 Å². The molecule has 5 nitrogen and oxygen atoms in total. The monoisotopic (exact) mass is 248 g/mol. The molecule has 0 aliphatic heterocycles. The highest BCUT2D eigenvalue weighted by atomic mass is 16.5. The van der Waals surface area contributed by atoms with Crippen molar-refractivity contribution < 1.29 is 4.52 Å². The molecule has 0 fully saturated rings. The number of nitrogens with one attached hydrogen (secondary N) is 1. The molecular weight excluding hydrogens is 228 g/mol. The zero-order chi connectivity index (χ0) is 12.8. The summed E-state index contributed by atoms with van der Waals surface area (Å²) in [4.78, 5) is 4.02. The molecule has 5 heteroatoms. The summed E-state index contributed by atoms with van der Waals surface area (Å²) in [6.07, 6.45) is 7.90. The Morgan fingerprint density at radius 1 is 1.44 bits per heavy atom. The zero-order valence-electron chi connectivity index (χ0n) is 11.0. The van der Waals surface area contributed by atoms with E-state index in [1.54, 1.807) is 0 Å². The van der Waals surface area contributed by atoms with E-state index in [2.05, 4.69) is 52.3 Å². The fraction of sp³-hybridized carbons (Fsp3) is 0.538. The van der Waals surface area contributed by atoms with Crippen LogP contribution < -0.4 is 5.32 Å². The van der Waals surface area contributed by atoms with Crippen molar-refractivity contribution in [3.63, 3.8) is 0 Å². The summed E-state index contributed by atoms with van der Waals surface area (Å²) in [5, 5.41) is 7.32. The summed E-state index contributed by atoms with van der Waals surface area (Å²) in [5.74, 6) is 0.702. The number of aromatic nitrogens is 3. The first-order chi connectivity index (χ1) is 8.83. The van der Waals surface area contributed by atoms with Crippen LogP contribution in [-0.4, -0.2) is 21.3 Å². The van der Waals surface area contributed by atoms with Crippen molar-refractivity contribution in [1.29, 1.82) is 0 Å². The number of hydrogen-bond acceptors (Lipinski definition) is 4. The second-order valence-corrected chi connectivity index (χ2v) is 4.36. The maximum Gasteiger partial charge on any atom is 0.213 e. The Hall–Kier alpha value is -1.62. The Morgan fingerprint density at radius 2 is 2.33 bits per heavy atom. The van der Waals surface area contributed by atoms with E-state index in [4.69, 9.17) is 4.52 Å². The van der Waals surface area contributed by atoms with Gasteiger partial charge in [0.2, 0.25) is 6.39 Å². The van der Waals surface area contributed by atoms with Crippen molar-refractivity contribution in [3.8, 4) is 0 Å². The molecule has 1 atom stereocenters. The average Bonchev–Trinajstić information content (AvgIpc) is 3.01. The fourth-order valence-corrected chi connectivity index (χ4v) is 2.11. The summed E-state index contributed by atoms with van der Waals surface area (Å²) >= 11 is 0. The number of nitrogens with zero attached hydrogens (tertiary/aromatic N) is 3. The molecule has 0 radical (unpaired) electrons. The van der Waals surface area contributed by atoms with Crippen LogP contribution in [0.3, 0.4) is 0 Å². The van der Waals surface area contributed by atoms with E-state index in [1.807, 2.05) is 0 Å². The normalized spacial score (nSPS) is 12.8. The molecule has 2 heterocycles. The quantitative estimate of drug-likeness (QED) is 0.817. The molecular formula is C13H20N4O. The third-order valence-corrected chi connectivity index (χ3v) is 2.93. The van der Waals surface area contributed by atoms with E-state index in [-0.39, 0.29) is 0 Å². The summed E-state index contributed by atoms with van der Waals surface area (Å²) < 4.78 is 6.81. The van der Waals surface area contributed by atoms with Gasteiger partial charge in [-0.25, -0.2) is 0 Å². The van der Waals surface area contributed by atoms with E-state index in [0.717, 1.165) is 13.0 Å². The third kappa shape index (κ3) is 3.20. The first kappa shape index (κ1) is 12.8. The molecule has 0 saturated heterocycles. The van der Waals surface area contributed by atoms with Crippen molar-refractivity contribution in [2.24, 2.45) is 0 Å².